The molecule has 3 rings (SSSR count). The van der Waals surface area contributed by atoms with Crippen molar-refractivity contribution in [2.24, 2.45) is 0 Å². The smallest absolute Gasteiger partial charge is 0.350 e. The Hall–Kier alpha value is -2.06. The molecule has 28 heavy (non-hydrogen) atoms. The Kier molecular flexibility index (Phi) is 5.46. The highest BCUT2D eigenvalue weighted by Gasteiger charge is 2.46. The highest BCUT2D eigenvalue weighted by atomic mass is 19.1. The quantitative estimate of drug-likeness (QED) is 0.512. The molecule has 1 fully saturated rings. The van der Waals surface area contributed by atoms with Crippen molar-refractivity contribution < 1.29 is 37.3 Å². The van der Waals surface area contributed by atoms with Gasteiger partial charge in [0.1, 0.15) is 6.10 Å². The fourth-order valence-corrected chi connectivity index (χ4v) is 3.08. The fourth-order valence-electron chi connectivity index (χ4n) is 3.08. The summed E-state index contributed by atoms with van der Waals surface area (Å²) in [6.45, 7) is 10.9. The second-order valence-electron chi connectivity index (χ2n) is 7.69. The zero-order valence-electron chi connectivity index (χ0n) is 17.1. The summed E-state index contributed by atoms with van der Waals surface area (Å²) >= 11 is 0. The monoisotopic (exact) mass is 398 g/mol. The number of furan rings is 1. The van der Waals surface area contributed by atoms with Crippen LogP contribution in [-0.2, 0) is 14.3 Å². The van der Waals surface area contributed by atoms with Crippen molar-refractivity contribution in [1.29, 1.82) is 0 Å². The van der Waals surface area contributed by atoms with Gasteiger partial charge in [-0.1, -0.05) is 19.4 Å². The number of fused-ring (bicyclic) bond motifs is 1. The van der Waals surface area contributed by atoms with Gasteiger partial charge < -0.3 is 28.1 Å². The summed E-state index contributed by atoms with van der Waals surface area (Å²) in [6, 6.07) is 0. The van der Waals surface area contributed by atoms with E-state index in [2.05, 4.69) is 0 Å². The zero-order chi connectivity index (χ0) is 20.7. The number of hydrogen-bond acceptors (Lipinski definition) is 7. The Morgan fingerprint density at radius 1 is 1.21 bits per heavy atom. The van der Waals surface area contributed by atoms with Crippen LogP contribution in [0.4, 0.5) is 4.39 Å². The van der Waals surface area contributed by atoms with Crippen LogP contribution in [0.1, 0.15) is 66.2 Å². The molecule has 0 saturated carbocycles. The lowest BCUT2D eigenvalue weighted by molar-refractivity contribution is -0.143. The highest BCUT2D eigenvalue weighted by Crippen LogP contribution is 2.54. The van der Waals surface area contributed by atoms with Gasteiger partial charge in [-0.2, -0.15) is 0 Å². The summed E-state index contributed by atoms with van der Waals surface area (Å²) in [6.07, 6.45) is 0.0469. The molecule has 2 atom stereocenters. The molecule has 8 heteroatoms. The molecule has 156 valence electrons. The van der Waals surface area contributed by atoms with Gasteiger partial charge >= 0.3 is 11.9 Å². The minimum atomic E-state index is -1.90. The van der Waals surface area contributed by atoms with Gasteiger partial charge in [0.2, 0.25) is 17.7 Å². The van der Waals surface area contributed by atoms with Gasteiger partial charge in [0.25, 0.3) is 5.75 Å². The van der Waals surface area contributed by atoms with Crippen LogP contribution in [0.25, 0.3) is 0 Å². The Labute approximate surface area is 163 Å². The maximum atomic E-state index is 14.4. The van der Waals surface area contributed by atoms with Gasteiger partial charge in [0, 0.05) is 13.8 Å². The molecule has 7 nitrogen and oxygen atoms in total. The number of rotatable bonds is 6. The number of alkyl halides is 1. The summed E-state index contributed by atoms with van der Waals surface area (Å²) < 4.78 is 48.1. The van der Waals surface area contributed by atoms with E-state index in [1.165, 1.54) is 6.08 Å². The molecule has 1 saturated heterocycles. The van der Waals surface area contributed by atoms with Crippen LogP contribution in [0, 0.1) is 0 Å². The number of esters is 1. The van der Waals surface area contributed by atoms with E-state index in [0.717, 1.165) is 5.57 Å². The van der Waals surface area contributed by atoms with E-state index in [1.807, 2.05) is 13.8 Å². The van der Waals surface area contributed by atoms with Gasteiger partial charge in [-0.3, -0.25) is 0 Å². The summed E-state index contributed by atoms with van der Waals surface area (Å²) in [7, 11) is 0. The number of halogens is 1. The lowest BCUT2D eigenvalue weighted by Gasteiger charge is -2.19. The fraction of sp³-hybridized carbons (Fsp3) is 0.650. The van der Waals surface area contributed by atoms with E-state index < -0.39 is 29.8 Å². The first kappa shape index (κ1) is 20.7. The first-order chi connectivity index (χ1) is 13.0. The maximum absolute atomic E-state index is 14.4. The van der Waals surface area contributed by atoms with Crippen LogP contribution in [0.15, 0.2) is 16.1 Å². The molecule has 0 N–H and O–H groups in total. The Morgan fingerprint density at radius 2 is 1.89 bits per heavy atom. The van der Waals surface area contributed by atoms with E-state index in [1.54, 1.807) is 27.7 Å². The molecule has 0 spiro atoms. The number of hydrogen-bond donors (Lipinski definition) is 0. The van der Waals surface area contributed by atoms with Crippen LogP contribution < -0.4 is 14.2 Å². The van der Waals surface area contributed by atoms with Crippen LogP contribution >= 0.6 is 0 Å². The molecular weight excluding hydrogens is 371 g/mol. The van der Waals surface area contributed by atoms with E-state index in [-0.39, 0.29) is 29.8 Å². The molecule has 0 bridgehead atoms. The largest absolute Gasteiger partial charge is 0.441 e. The topological polar surface area (TPSA) is 76.4 Å². The third kappa shape index (κ3) is 4.17. The van der Waals surface area contributed by atoms with Gasteiger partial charge in [-0.15, -0.1) is 0 Å². The minimum absolute atomic E-state index is 0.0394. The summed E-state index contributed by atoms with van der Waals surface area (Å²) in [4.78, 5) is 12.4. The van der Waals surface area contributed by atoms with Crippen molar-refractivity contribution in [2.45, 2.75) is 78.2 Å². The average Bonchev–Trinajstić information content (AvgIpc) is 3.22. The molecule has 0 radical (unpaired) electrons. The van der Waals surface area contributed by atoms with E-state index in [9.17, 15) is 9.18 Å². The number of ether oxygens (including phenoxy) is 5. The Morgan fingerprint density at radius 3 is 2.46 bits per heavy atom. The number of carbonyl (C=O) groups excluding carboxylic acids is 1. The second kappa shape index (κ2) is 7.40. The molecule has 3 heterocycles. The molecule has 2 unspecified atom stereocenters. The lowest BCUT2D eigenvalue weighted by Crippen LogP contribution is -2.30. The molecule has 1 aromatic rings. The third-order valence-corrected chi connectivity index (χ3v) is 4.52. The molecule has 2 aliphatic heterocycles. The number of carbonyl (C=O) groups is 1. The van der Waals surface area contributed by atoms with Crippen LogP contribution in [0.5, 0.6) is 17.4 Å². The van der Waals surface area contributed by atoms with Crippen LogP contribution in [0.2, 0.25) is 0 Å². The van der Waals surface area contributed by atoms with Crippen molar-refractivity contribution in [3.8, 4) is 17.4 Å². The molecule has 0 aromatic carbocycles. The molecule has 2 aliphatic rings. The minimum Gasteiger partial charge on any atom is -0.441 e. The average molecular weight is 398 g/mol. The van der Waals surface area contributed by atoms with E-state index >= 15 is 0 Å². The molecule has 0 aliphatic carbocycles. The first-order valence-electron chi connectivity index (χ1n) is 9.47. The Bertz CT molecular complexity index is 772. The first-order valence-corrected chi connectivity index (χ1v) is 9.47. The van der Waals surface area contributed by atoms with Gasteiger partial charge in [-0.25, -0.2) is 9.18 Å². The van der Waals surface area contributed by atoms with Crippen molar-refractivity contribution in [2.75, 3.05) is 6.61 Å². The second-order valence-corrected chi connectivity index (χ2v) is 7.69. The number of allylic oxidation sites excluding steroid dienone is 1. The molecule has 0 amide bonds. The van der Waals surface area contributed by atoms with Crippen LogP contribution in [-0.4, -0.2) is 30.3 Å². The van der Waals surface area contributed by atoms with Gasteiger partial charge in [0.05, 0.1) is 6.61 Å². The summed E-state index contributed by atoms with van der Waals surface area (Å²) in [5.74, 6) is -2.58. The van der Waals surface area contributed by atoms with Gasteiger partial charge in [0.15, 0.2) is 11.5 Å². The van der Waals surface area contributed by atoms with Crippen molar-refractivity contribution in [1.82, 2.24) is 0 Å². The zero-order valence-corrected chi connectivity index (χ0v) is 17.1. The lowest BCUT2D eigenvalue weighted by atomic mass is 10.1. The van der Waals surface area contributed by atoms with Gasteiger partial charge in [-0.05, 0) is 32.8 Å². The summed E-state index contributed by atoms with van der Waals surface area (Å²) in [5, 5.41) is 0. The standard InChI is InChI=1S/C20H27FO7/c1-7-11(8-2)9-12(21)17(22)24-15-14(13-10-23-19(3,4)26-13)25-18-16(15)27-20(5,6)28-18/h9,12-13H,7-8,10H2,1-6H3. The Balaban J connectivity index is 1.89. The van der Waals surface area contributed by atoms with Crippen molar-refractivity contribution in [3.05, 3.63) is 17.4 Å². The highest BCUT2D eigenvalue weighted by molar-refractivity contribution is 5.80. The predicted molar refractivity (Wildman–Crippen MR) is 97.1 cm³/mol. The van der Waals surface area contributed by atoms with Crippen molar-refractivity contribution >= 4 is 5.97 Å². The van der Waals surface area contributed by atoms with E-state index in [4.69, 9.17) is 28.1 Å². The predicted octanol–water partition coefficient (Wildman–Crippen LogP) is 4.60. The van der Waals surface area contributed by atoms with Crippen molar-refractivity contribution in [3.63, 3.8) is 0 Å². The third-order valence-electron chi connectivity index (χ3n) is 4.52. The maximum Gasteiger partial charge on any atom is 0.350 e. The SMILES string of the molecule is CCC(=CC(F)C(=O)Oc1c(C2COC(C)(C)O2)oc2c1OC(C)(C)O2)CC. The summed E-state index contributed by atoms with van der Waals surface area (Å²) in [5.41, 5.74) is 0.831. The van der Waals surface area contributed by atoms with E-state index in [0.29, 0.717) is 12.8 Å². The normalized spacial score (nSPS) is 22.8. The molecule has 1 aromatic heterocycles. The van der Waals surface area contributed by atoms with Crippen LogP contribution in [0.3, 0.4) is 0 Å². The molecular formula is C20H27FO7.